The van der Waals surface area contributed by atoms with Gasteiger partial charge in [-0.25, -0.2) is 25.3 Å². The van der Waals surface area contributed by atoms with Crippen LogP contribution in [0.4, 0.5) is 0 Å². The third-order valence-electron chi connectivity index (χ3n) is 4.44. The Morgan fingerprint density at radius 2 is 0.744 bits per heavy atom. The molecule has 0 spiro atoms. The molecule has 3 aromatic carbocycles. The van der Waals surface area contributed by atoms with Gasteiger partial charge >= 0.3 is 17.1 Å². The average Bonchev–Trinajstić information content (AvgIpc) is 2.80. The maximum absolute atomic E-state index is 10.4. The minimum absolute atomic E-state index is 0. The zero-order chi connectivity index (χ0) is 29.6. The molecular weight excluding hydrogens is 612 g/mol. The Bertz CT molecular complexity index is 1240. The summed E-state index contributed by atoms with van der Waals surface area (Å²) < 4.78 is 93.5. The van der Waals surface area contributed by atoms with Gasteiger partial charge in [0.05, 0.1) is 14.7 Å². The molecule has 1 N–H and O–H groups in total. The summed E-state index contributed by atoms with van der Waals surface area (Å²) in [6.45, 7) is 7.86. The van der Waals surface area contributed by atoms with Gasteiger partial charge in [-0.3, -0.25) is 0 Å². The Morgan fingerprint density at radius 1 is 0.538 bits per heavy atom. The summed E-state index contributed by atoms with van der Waals surface area (Å²) in [6.07, 6.45) is 2.04. The van der Waals surface area contributed by atoms with E-state index < -0.39 is 30.4 Å². The molecule has 0 saturated carbocycles. The maximum Gasteiger partial charge on any atom is 3.00 e. The van der Waals surface area contributed by atoms with Crippen molar-refractivity contribution in [3.05, 3.63) is 89.5 Å². The van der Waals surface area contributed by atoms with E-state index in [1.165, 1.54) is 36.4 Å². The number of rotatable bonds is 5. The molecular formula is C25H31FeO10S3. The zero-order valence-corrected chi connectivity index (χ0v) is 25.3. The molecule has 0 aromatic heterocycles. The van der Waals surface area contributed by atoms with E-state index in [0.29, 0.717) is 6.61 Å². The van der Waals surface area contributed by atoms with Crippen molar-refractivity contribution in [1.82, 2.24) is 0 Å². The largest absolute Gasteiger partial charge is 3.00 e. The molecule has 3 rings (SSSR count). The van der Waals surface area contributed by atoms with Crippen LogP contribution in [0, 0.1) is 20.8 Å². The molecule has 0 aliphatic heterocycles. The first-order valence-corrected chi connectivity index (χ1v) is 15.3. The topological polar surface area (TPSA) is 192 Å². The van der Waals surface area contributed by atoms with E-state index in [9.17, 15) is 38.9 Å². The first-order chi connectivity index (χ1) is 17.4. The van der Waals surface area contributed by atoms with Gasteiger partial charge in [-0.15, -0.1) is 0 Å². The number of unbranched alkanes of at least 4 members (excludes halogenated alkanes) is 1. The van der Waals surface area contributed by atoms with Gasteiger partial charge in [0, 0.05) is 6.61 Å². The van der Waals surface area contributed by atoms with Gasteiger partial charge in [0.15, 0.2) is 0 Å². The number of aliphatic hydroxyl groups excluding tert-OH is 1. The van der Waals surface area contributed by atoms with Crippen molar-refractivity contribution in [1.29, 1.82) is 0 Å². The smallest absolute Gasteiger partial charge is 0.744 e. The van der Waals surface area contributed by atoms with Gasteiger partial charge in [-0.1, -0.05) is 66.4 Å². The van der Waals surface area contributed by atoms with Crippen molar-refractivity contribution >= 4 is 30.4 Å². The van der Waals surface area contributed by atoms with Gasteiger partial charge in [0.25, 0.3) is 0 Å². The number of benzene rings is 3. The van der Waals surface area contributed by atoms with E-state index in [-0.39, 0.29) is 31.8 Å². The molecule has 0 heterocycles. The van der Waals surface area contributed by atoms with Crippen molar-refractivity contribution < 1.29 is 61.1 Å². The predicted octanol–water partition coefficient (Wildman–Crippen LogP) is 3.47. The standard InChI is InChI=1S/3C7H8O3S.C4H10O.Fe/c3*1-6-2-4-7(5-3-6)11(8,9)10;1-2-3-4-5;/h3*2-5H,1H3,(H,8,9,10);5H,2-4H2,1H3;/q;;;;+3/p-3. The van der Waals surface area contributed by atoms with Crippen LogP contribution in [0.15, 0.2) is 87.5 Å². The van der Waals surface area contributed by atoms with Crippen LogP contribution >= 0.6 is 0 Å². The number of aryl methyl sites for hydroxylation is 3. The second-order valence-electron chi connectivity index (χ2n) is 7.88. The van der Waals surface area contributed by atoms with Crippen LogP contribution in [0.1, 0.15) is 36.5 Å². The van der Waals surface area contributed by atoms with Gasteiger partial charge in [0.2, 0.25) is 0 Å². The zero-order valence-electron chi connectivity index (χ0n) is 21.7. The first-order valence-electron chi connectivity index (χ1n) is 11.1. The molecule has 3 aromatic rings. The molecule has 0 unspecified atom stereocenters. The van der Waals surface area contributed by atoms with Gasteiger partial charge in [-0.2, -0.15) is 0 Å². The summed E-state index contributed by atoms with van der Waals surface area (Å²) in [6, 6.07) is 17.3. The minimum atomic E-state index is -4.27. The molecule has 14 heteroatoms. The van der Waals surface area contributed by atoms with E-state index in [1.54, 1.807) is 36.4 Å². The fourth-order valence-corrected chi connectivity index (χ4v) is 3.68. The molecule has 217 valence electrons. The molecule has 0 bridgehead atoms. The summed E-state index contributed by atoms with van der Waals surface area (Å²) in [5, 5.41) is 8.07. The number of hydrogen-bond acceptors (Lipinski definition) is 10. The summed E-state index contributed by atoms with van der Waals surface area (Å²) in [7, 11) is -12.8. The fraction of sp³-hybridized carbons (Fsp3) is 0.280. The van der Waals surface area contributed by atoms with Crippen LogP contribution in [0.2, 0.25) is 0 Å². The van der Waals surface area contributed by atoms with Crippen molar-refractivity contribution in [2.75, 3.05) is 6.61 Å². The Labute approximate surface area is 241 Å². The van der Waals surface area contributed by atoms with E-state index in [0.717, 1.165) is 29.5 Å². The Kier molecular flexibility index (Phi) is 18.3. The van der Waals surface area contributed by atoms with Gasteiger partial charge in [-0.05, 0) is 63.6 Å². The second-order valence-corrected chi connectivity index (χ2v) is 12.0. The normalized spacial score (nSPS) is 10.8. The molecule has 39 heavy (non-hydrogen) atoms. The molecule has 0 atom stereocenters. The number of aliphatic hydroxyl groups is 1. The predicted molar refractivity (Wildman–Crippen MR) is 139 cm³/mol. The Morgan fingerprint density at radius 3 is 0.846 bits per heavy atom. The quantitative estimate of drug-likeness (QED) is 0.318. The Hall–Kier alpha value is -2.13. The van der Waals surface area contributed by atoms with E-state index in [4.69, 9.17) is 5.11 Å². The van der Waals surface area contributed by atoms with Crippen molar-refractivity contribution in [3.63, 3.8) is 0 Å². The van der Waals surface area contributed by atoms with Crippen molar-refractivity contribution in [3.8, 4) is 0 Å². The van der Waals surface area contributed by atoms with Gasteiger partial charge in [0.1, 0.15) is 30.4 Å². The molecule has 0 aliphatic carbocycles. The third kappa shape index (κ3) is 18.0. The Balaban J connectivity index is 0. The molecule has 0 saturated heterocycles. The molecule has 1 radical (unpaired) electrons. The summed E-state index contributed by atoms with van der Waals surface area (Å²) >= 11 is 0. The van der Waals surface area contributed by atoms with Crippen LogP contribution < -0.4 is 0 Å². The van der Waals surface area contributed by atoms with Crippen LogP contribution in [0.5, 0.6) is 0 Å². The molecule has 10 nitrogen and oxygen atoms in total. The SMILES string of the molecule is CCCCO.Cc1ccc(S(=O)(=O)[O-])cc1.Cc1ccc(S(=O)(=O)[O-])cc1.Cc1ccc(S(=O)(=O)[O-])cc1.[Fe+3]. The van der Waals surface area contributed by atoms with E-state index in [1.807, 2.05) is 20.8 Å². The van der Waals surface area contributed by atoms with Gasteiger partial charge < -0.3 is 18.8 Å². The van der Waals surface area contributed by atoms with Crippen molar-refractivity contribution in [2.45, 2.75) is 55.2 Å². The number of hydrogen-bond donors (Lipinski definition) is 1. The minimum Gasteiger partial charge on any atom is -0.744 e. The van der Waals surface area contributed by atoms with Crippen LogP contribution in [-0.2, 0) is 47.4 Å². The van der Waals surface area contributed by atoms with Crippen LogP contribution in [0.25, 0.3) is 0 Å². The summed E-state index contributed by atoms with van der Waals surface area (Å²) in [5.41, 5.74) is 2.78. The van der Waals surface area contributed by atoms with Crippen molar-refractivity contribution in [2.24, 2.45) is 0 Å². The fourth-order valence-electron chi connectivity index (χ4n) is 2.27. The summed E-state index contributed by atoms with van der Waals surface area (Å²) in [5.74, 6) is 0. The monoisotopic (exact) mass is 643 g/mol. The van der Waals surface area contributed by atoms with E-state index in [2.05, 4.69) is 6.92 Å². The molecule has 0 fully saturated rings. The maximum atomic E-state index is 10.4. The second kappa shape index (κ2) is 18.3. The molecule has 0 aliphatic rings. The van der Waals surface area contributed by atoms with E-state index >= 15 is 0 Å². The third-order valence-corrected chi connectivity index (χ3v) is 6.99. The van der Waals surface area contributed by atoms with Crippen LogP contribution in [0.3, 0.4) is 0 Å². The van der Waals surface area contributed by atoms with Crippen LogP contribution in [-0.4, -0.2) is 50.6 Å². The average molecular weight is 644 g/mol. The first kappa shape index (κ1) is 39.0. The molecule has 0 amide bonds. The summed E-state index contributed by atoms with van der Waals surface area (Å²) in [4.78, 5) is -0.533.